The number of amides is 2. The molecule has 0 bridgehead atoms. The highest BCUT2D eigenvalue weighted by atomic mass is 19.4. The van der Waals surface area contributed by atoms with E-state index in [0.717, 1.165) is 6.07 Å². The van der Waals surface area contributed by atoms with Crippen molar-refractivity contribution in [2.24, 2.45) is 0 Å². The molecule has 2 rings (SSSR count). The lowest BCUT2D eigenvalue weighted by atomic mass is 10.0. The Labute approximate surface area is 136 Å². The monoisotopic (exact) mass is 339 g/mol. The number of carbonyl (C=O) groups is 1. The number of nitrogens with zero attached hydrogens (tertiary/aromatic N) is 1. The molecule has 1 heterocycles. The van der Waals surface area contributed by atoms with Gasteiger partial charge in [0.1, 0.15) is 0 Å². The highest BCUT2D eigenvalue weighted by molar-refractivity contribution is 5.73. The van der Waals surface area contributed by atoms with Crippen molar-refractivity contribution in [3.05, 3.63) is 65.5 Å². The molecule has 0 aliphatic heterocycles. The van der Waals surface area contributed by atoms with Gasteiger partial charge in [-0.2, -0.15) is 13.2 Å². The maximum atomic E-state index is 12.9. The highest BCUT2D eigenvalue weighted by Crippen LogP contribution is 2.34. The fourth-order valence-electron chi connectivity index (χ4n) is 2.08. The van der Waals surface area contributed by atoms with Crippen molar-refractivity contribution in [3.63, 3.8) is 0 Å². The van der Waals surface area contributed by atoms with Crippen LogP contribution in [0.4, 0.5) is 18.0 Å². The Morgan fingerprint density at radius 1 is 1.12 bits per heavy atom. The van der Waals surface area contributed by atoms with Crippen molar-refractivity contribution in [1.82, 2.24) is 15.6 Å². The van der Waals surface area contributed by atoms with E-state index in [1.165, 1.54) is 18.2 Å². The molecule has 128 valence electrons. The molecular formula is C16H16F3N3O2. The molecule has 8 heteroatoms. The summed E-state index contributed by atoms with van der Waals surface area (Å²) >= 11 is 0. The maximum Gasteiger partial charge on any atom is 0.416 e. The lowest BCUT2D eigenvalue weighted by Crippen LogP contribution is -2.37. The van der Waals surface area contributed by atoms with Crippen molar-refractivity contribution >= 4 is 6.03 Å². The van der Waals surface area contributed by atoms with E-state index in [9.17, 15) is 23.1 Å². The molecule has 0 spiro atoms. The van der Waals surface area contributed by atoms with Crippen molar-refractivity contribution in [2.45, 2.75) is 18.8 Å². The molecule has 24 heavy (non-hydrogen) atoms. The van der Waals surface area contributed by atoms with E-state index >= 15 is 0 Å². The third-order valence-corrected chi connectivity index (χ3v) is 3.24. The first-order chi connectivity index (χ1) is 11.4. The van der Waals surface area contributed by atoms with Gasteiger partial charge >= 0.3 is 12.2 Å². The molecule has 0 unspecified atom stereocenters. The second kappa shape index (κ2) is 7.78. The minimum Gasteiger partial charge on any atom is -0.387 e. The summed E-state index contributed by atoms with van der Waals surface area (Å²) in [5.74, 6) is 0. The zero-order valence-corrected chi connectivity index (χ0v) is 12.5. The summed E-state index contributed by atoms with van der Waals surface area (Å²) in [6, 6.07) is 9.32. The Morgan fingerprint density at radius 3 is 2.50 bits per heavy atom. The van der Waals surface area contributed by atoms with Gasteiger partial charge in [-0.15, -0.1) is 0 Å². The van der Waals surface area contributed by atoms with Crippen LogP contribution in [0.1, 0.15) is 22.9 Å². The molecule has 0 aliphatic carbocycles. The number of halogens is 3. The lowest BCUT2D eigenvalue weighted by Gasteiger charge is -2.18. The van der Waals surface area contributed by atoms with Crippen molar-refractivity contribution in [1.29, 1.82) is 0 Å². The predicted octanol–water partition coefficient (Wildman–Crippen LogP) is 2.63. The van der Waals surface area contributed by atoms with Crippen LogP contribution in [0.5, 0.6) is 0 Å². The summed E-state index contributed by atoms with van der Waals surface area (Å²) in [5, 5.41) is 14.8. The molecule has 2 aromatic rings. The smallest absolute Gasteiger partial charge is 0.387 e. The number of nitrogens with one attached hydrogen (secondary N) is 2. The fourth-order valence-corrected chi connectivity index (χ4v) is 2.08. The van der Waals surface area contributed by atoms with Gasteiger partial charge in [0.2, 0.25) is 0 Å². The van der Waals surface area contributed by atoms with Gasteiger partial charge < -0.3 is 15.7 Å². The topological polar surface area (TPSA) is 74.2 Å². The number of carbonyl (C=O) groups excluding carboxylic acids is 1. The number of pyridine rings is 1. The van der Waals surface area contributed by atoms with Crippen molar-refractivity contribution in [2.75, 3.05) is 6.54 Å². The van der Waals surface area contributed by atoms with Crippen LogP contribution in [0, 0.1) is 0 Å². The Kier molecular flexibility index (Phi) is 5.75. The quantitative estimate of drug-likeness (QED) is 0.784. The van der Waals surface area contributed by atoms with E-state index in [2.05, 4.69) is 15.6 Å². The van der Waals surface area contributed by atoms with Gasteiger partial charge in [-0.25, -0.2) is 4.79 Å². The number of urea groups is 1. The third kappa shape index (κ3) is 4.95. The van der Waals surface area contributed by atoms with Gasteiger partial charge in [0, 0.05) is 12.7 Å². The molecule has 2 amide bonds. The van der Waals surface area contributed by atoms with Crippen LogP contribution in [-0.2, 0) is 12.7 Å². The van der Waals surface area contributed by atoms with Crippen molar-refractivity contribution in [3.8, 4) is 0 Å². The average Bonchev–Trinajstić information content (AvgIpc) is 2.58. The summed E-state index contributed by atoms with van der Waals surface area (Å²) in [5.41, 5.74) is -0.571. The van der Waals surface area contributed by atoms with Crippen LogP contribution in [0.25, 0.3) is 0 Å². The number of aliphatic hydroxyl groups excluding tert-OH is 1. The van der Waals surface area contributed by atoms with Crippen LogP contribution in [0.3, 0.4) is 0 Å². The fraction of sp³-hybridized carbons (Fsp3) is 0.250. The number of hydrogen-bond donors (Lipinski definition) is 3. The molecule has 1 atom stereocenters. The van der Waals surface area contributed by atoms with Crippen LogP contribution >= 0.6 is 0 Å². The standard InChI is InChI=1S/C16H16F3N3O2/c17-16(18,19)13-7-2-1-6-12(13)14(23)10-22-15(24)21-9-11-5-3-4-8-20-11/h1-8,14,23H,9-10H2,(H2,21,22,24)/t14-/m0/s1. The van der Waals surface area contributed by atoms with E-state index in [4.69, 9.17) is 0 Å². The van der Waals surface area contributed by atoms with E-state index in [0.29, 0.717) is 5.69 Å². The number of benzene rings is 1. The average molecular weight is 339 g/mol. The third-order valence-electron chi connectivity index (χ3n) is 3.24. The molecular weight excluding hydrogens is 323 g/mol. The summed E-state index contributed by atoms with van der Waals surface area (Å²) in [6.45, 7) is -0.178. The number of aliphatic hydroxyl groups is 1. The number of aromatic nitrogens is 1. The summed E-state index contributed by atoms with van der Waals surface area (Å²) in [4.78, 5) is 15.7. The first-order valence-corrected chi connectivity index (χ1v) is 7.13. The molecule has 1 aromatic heterocycles. The minimum absolute atomic E-state index is 0.169. The second-order valence-electron chi connectivity index (χ2n) is 4.99. The van der Waals surface area contributed by atoms with Gasteiger partial charge in [-0.3, -0.25) is 4.98 Å². The lowest BCUT2D eigenvalue weighted by molar-refractivity contribution is -0.139. The zero-order valence-electron chi connectivity index (χ0n) is 12.5. The van der Waals surface area contributed by atoms with Crippen LogP contribution in [-0.4, -0.2) is 22.7 Å². The number of hydrogen-bond acceptors (Lipinski definition) is 3. The molecule has 0 saturated heterocycles. The first kappa shape index (κ1) is 17.7. The van der Waals surface area contributed by atoms with Crippen LogP contribution in [0.2, 0.25) is 0 Å². The largest absolute Gasteiger partial charge is 0.416 e. The molecule has 3 N–H and O–H groups in total. The summed E-state index contributed by atoms with van der Waals surface area (Å²) < 4.78 is 38.7. The van der Waals surface area contributed by atoms with Gasteiger partial charge in [0.25, 0.3) is 0 Å². The number of rotatable bonds is 5. The Hall–Kier alpha value is -2.61. The Morgan fingerprint density at radius 2 is 1.83 bits per heavy atom. The Bertz CT molecular complexity index is 678. The van der Waals surface area contributed by atoms with Gasteiger partial charge in [0.05, 0.1) is 23.9 Å². The second-order valence-corrected chi connectivity index (χ2v) is 4.99. The molecule has 1 aromatic carbocycles. The first-order valence-electron chi connectivity index (χ1n) is 7.13. The number of alkyl halides is 3. The highest BCUT2D eigenvalue weighted by Gasteiger charge is 2.34. The zero-order chi connectivity index (χ0) is 17.6. The van der Waals surface area contributed by atoms with E-state index in [1.807, 2.05) is 0 Å². The summed E-state index contributed by atoms with van der Waals surface area (Å²) in [6.07, 6.45) is -4.46. The Balaban J connectivity index is 1.89. The SMILES string of the molecule is O=C(NCc1ccccn1)NC[C@H](O)c1ccccc1C(F)(F)F. The summed E-state index contributed by atoms with van der Waals surface area (Å²) in [7, 11) is 0. The molecule has 0 aliphatic rings. The maximum absolute atomic E-state index is 12.9. The van der Waals surface area contributed by atoms with E-state index in [-0.39, 0.29) is 18.7 Å². The molecule has 0 fully saturated rings. The van der Waals surface area contributed by atoms with Crippen LogP contribution in [0.15, 0.2) is 48.7 Å². The molecule has 0 saturated carbocycles. The van der Waals surface area contributed by atoms with Crippen molar-refractivity contribution < 1.29 is 23.1 Å². The van der Waals surface area contributed by atoms with Gasteiger partial charge in [0.15, 0.2) is 0 Å². The van der Waals surface area contributed by atoms with Gasteiger partial charge in [-0.1, -0.05) is 24.3 Å². The van der Waals surface area contributed by atoms with E-state index in [1.54, 1.807) is 24.4 Å². The molecule has 5 nitrogen and oxygen atoms in total. The predicted molar refractivity (Wildman–Crippen MR) is 80.9 cm³/mol. The van der Waals surface area contributed by atoms with Gasteiger partial charge in [-0.05, 0) is 23.8 Å². The minimum atomic E-state index is -4.57. The molecule has 0 radical (unpaired) electrons. The normalized spacial score (nSPS) is 12.5. The van der Waals surface area contributed by atoms with E-state index < -0.39 is 23.9 Å². The van der Waals surface area contributed by atoms with Crippen LogP contribution < -0.4 is 10.6 Å².